The van der Waals surface area contributed by atoms with Gasteiger partial charge >= 0.3 is 39.3 Å². The Morgan fingerprint density at radius 2 is 1.88 bits per heavy atom. The van der Waals surface area contributed by atoms with Gasteiger partial charge in [0.15, 0.2) is 6.40 Å². The molecule has 0 unspecified atom stereocenters. The van der Waals surface area contributed by atoms with Gasteiger partial charge in [0.2, 0.25) is 0 Å². The van der Waals surface area contributed by atoms with Crippen LogP contribution in [0.2, 0.25) is 0 Å². The summed E-state index contributed by atoms with van der Waals surface area (Å²) in [5.74, 6) is 0. The van der Waals surface area contributed by atoms with Crippen LogP contribution in [0.25, 0.3) is 0 Å². The molecule has 0 bridgehead atoms. The van der Waals surface area contributed by atoms with E-state index in [-0.39, 0.29) is 11.6 Å². The van der Waals surface area contributed by atoms with Crippen LogP contribution in [0.5, 0.6) is 0 Å². The van der Waals surface area contributed by atoms with Gasteiger partial charge in [0.25, 0.3) is 0 Å². The molecule has 1 aromatic rings. The van der Waals surface area contributed by atoms with Gasteiger partial charge in [-0.05, 0) is 25.8 Å². The van der Waals surface area contributed by atoms with Crippen LogP contribution in [0.4, 0.5) is 0 Å². The molecule has 0 saturated heterocycles. The van der Waals surface area contributed by atoms with Gasteiger partial charge in [0.1, 0.15) is 5.60 Å². The second-order valence-corrected chi connectivity index (χ2v) is 9.21. The van der Waals surface area contributed by atoms with Gasteiger partial charge in [0, 0.05) is 0 Å². The van der Waals surface area contributed by atoms with Crippen molar-refractivity contribution in [2.24, 2.45) is 4.99 Å². The molecule has 0 fully saturated rings. The van der Waals surface area contributed by atoms with Gasteiger partial charge in [-0.1, -0.05) is 30.3 Å². The molecule has 0 saturated carbocycles. The van der Waals surface area contributed by atoms with Crippen molar-refractivity contribution >= 4 is 34.9 Å². The van der Waals surface area contributed by atoms with E-state index in [4.69, 9.17) is 4.74 Å². The molecule has 0 radical (unpaired) electrons. The summed E-state index contributed by atoms with van der Waals surface area (Å²) in [6.07, 6.45) is 2.53. The third kappa shape index (κ3) is 5.11. The SMILES string of the molecule is CC1(C)OC=N[C@@H]1Cc1ccccc1.[Br][Ni][Br]. The normalized spacial score (nSPS) is 20.6. The number of halogens is 2. The van der Waals surface area contributed by atoms with E-state index in [1.54, 1.807) is 6.40 Å². The van der Waals surface area contributed by atoms with E-state index < -0.39 is 0 Å². The van der Waals surface area contributed by atoms with E-state index >= 15 is 0 Å². The molecular weight excluding hydrogens is 393 g/mol. The van der Waals surface area contributed by atoms with Crippen molar-refractivity contribution in [2.75, 3.05) is 0 Å². The summed E-state index contributed by atoms with van der Waals surface area (Å²) in [4.78, 5) is 4.34. The summed E-state index contributed by atoms with van der Waals surface area (Å²) in [5.41, 5.74) is 1.16. The summed E-state index contributed by atoms with van der Waals surface area (Å²) in [7, 11) is 1.25. The van der Waals surface area contributed by atoms with Gasteiger partial charge in [-0.15, -0.1) is 0 Å². The molecule has 0 aliphatic carbocycles. The maximum atomic E-state index is 5.43. The number of aliphatic imine (C=N–C) groups is 1. The fraction of sp³-hybridized carbons (Fsp3) is 0.417. The number of ether oxygens (including phenoxy) is 1. The number of hydrogen-bond acceptors (Lipinski definition) is 2. The van der Waals surface area contributed by atoms with Crippen LogP contribution in [-0.2, 0) is 22.1 Å². The Hall–Kier alpha value is 0.144. The molecule has 1 atom stereocenters. The Morgan fingerprint density at radius 3 is 2.35 bits per heavy atom. The molecule has 1 aromatic carbocycles. The van der Waals surface area contributed by atoms with Gasteiger partial charge in [-0.25, -0.2) is 0 Å². The average molecular weight is 408 g/mol. The zero-order valence-corrected chi connectivity index (χ0v) is 13.8. The second kappa shape index (κ2) is 7.55. The van der Waals surface area contributed by atoms with E-state index in [0.717, 1.165) is 6.42 Å². The van der Waals surface area contributed by atoms with E-state index in [2.05, 4.69) is 71.6 Å². The zero-order valence-electron chi connectivity index (χ0n) is 9.68. The molecule has 0 aromatic heterocycles. The van der Waals surface area contributed by atoms with Crippen LogP contribution >= 0.6 is 28.5 Å². The van der Waals surface area contributed by atoms with Crippen LogP contribution in [0, 0.1) is 0 Å². The van der Waals surface area contributed by atoms with Gasteiger partial charge in [-0.3, -0.25) is 4.99 Å². The fourth-order valence-corrected chi connectivity index (χ4v) is 1.63. The molecule has 0 N–H and O–H groups in total. The maximum absolute atomic E-state index is 5.43. The summed E-state index contributed by atoms with van der Waals surface area (Å²) in [5, 5.41) is 0. The van der Waals surface area contributed by atoms with Crippen LogP contribution in [-0.4, -0.2) is 18.0 Å². The molecule has 0 spiro atoms. The van der Waals surface area contributed by atoms with Crippen LogP contribution in [0.3, 0.4) is 0 Å². The first-order chi connectivity index (χ1) is 8.10. The van der Waals surface area contributed by atoms with Crippen molar-refractivity contribution in [2.45, 2.75) is 31.9 Å². The summed E-state index contributed by atoms with van der Waals surface area (Å²) >= 11 is 6.00. The summed E-state index contributed by atoms with van der Waals surface area (Å²) < 4.78 is 5.43. The second-order valence-electron chi connectivity index (χ2n) is 4.23. The summed E-state index contributed by atoms with van der Waals surface area (Å²) in [6, 6.07) is 10.6. The van der Waals surface area contributed by atoms with Crippen molar-refractivity contribution in [3.05, 3.63) is 35.9 Å². The van der Waals surface area contributed by atoms with Crippen molar-refractivity contribution in [3.8, 4) is 0 Å². The number of benzene rings is 1. The van der Waals surface area contributed by atoms with Gasteiger partial charge < -0.3 is 4.74 Å². The molecule has 0 amide bonds. The molecular formula is C12H15Br2NNiO. The topological polar surface area (TPSA) is 21.6 Å². The minimum atomic E-state index is -0.157. The minimum absolute atomic E-state index is 0.157. The van der Waals surface area contributed by atoms with Crippen molar-refractivity contribution in [3.63, 3.8) is 0 Å². The zero-order chi connectivity index (χ0) is 12.7. The quantitative estimate of drug-likeness (QED) is 0.676. The standard InChI is InChI=1S/C12H15NO.2BrH.Ni/c1-12(2)11(13-9-14-12)8-10-6-4-3-5-7-10;;;/h3-7,9,11H,8H2,1-2H3;2*1H;/q;;;+2/p-2/t11-;;;/m1.../s1. The first-order valence-corrected chi connectivity index (χ1v) is 10.0. The van der Waals surface area contributed by atoms with Crippen LogP contribution in [0.15, 0.2) is 35.3 Å². The summed E-state index contributed by atoms with van der Waals surface area (Å²) in [6.45, 7) is 4.15. The molecule has 98 valence electrons. The van der Waals surface area contributed by atoms with Crippen LogP contribution in [0.1, 0.15) is 19.4 Å². The monoisotopic (exact) mass is 405 g/mol. The Balaban J connectivity index is 0.000000437. The first kappa shape index (κ1) is 15.2. The molecule has 5 heteroatoms. The third-order valence-corrected chi connectivity index (χ3v) is 2.67. The number of nitrogens with zero attached hydrogens (tertiary/aromatic N) is 1. The predicted molar refractivity (Wildman–Crippen MR) is 75.4 cm³/mol. The predicted octanol–water partition coefficient (Wildman–Crippen LogP) is 4.12. The molecule has 2 nitrogen and oxygen atoms in total. The number of hydrogen-bond donors (Lipinski definition) is 0. The first-order valence-electron chi connectivity index (χ1n) is 5.16. The molecule has 2 rings (SSSR count). The van der Waals surface area contributed by atoms with Crippen molar-refractivity contribution in [1.82, 2.24) is 0 Å². The van der Waals surface area contributed by atoms with Gasteiger partial charge in [0.05, 0.1) is 6.04 Å². The van der Waals surface area contributed by atoms with Crippen LogP contribution < -0.4 is 0 Å². The average Bonchev–Trinajstić information content (AvgIpc) is 2.61. The molecule has 1 aliphatic rings. The van der Waals surface area contributed by atoms with E-state index in [0.29, 0.717) is 0 Å². The van der Waals surface area contributed by atoms with Crippen molar-refractivity contribution < 1.29 is 15.6 Å². The molecule has 17 heavy (non-hydrogen) atoms. The Kier molecular flexibility index (Phi) is 6.75. The van der Waals surface area contributed by atoms with Crippen molar-refractivity contribution in [1.29, 1.82) is 0 Å². The number of rotatable bonds is 2. The fourth-order valence-electron chi connectivity index (χ4n) is 1.63. The van der Waals surface area contributed by atoms with E-state index in [1.165, 1.54) is 16.5 Å². The molecule has 1 heterocycles. The van der Waals surface area contributed by atoms with E-state index in [9.17, 15) is 0 Å². The third-order valence-electron chi connectivity index (χ3n) is 2.67. The Morgan fingerprint density at radius 1 is 1.29 bits per heavy atom. The van der Waals surface area contributed by atoms with E-state index in [1.807, 2.05) is 6.07 Å². The Labute approximate surface area is 123 Å². The molecule has 1 aliphatic heterocycles. The Bertz CT molecular complexity index is 357. The van der Waals surface area contributed by atoms with Gasteiger partial charge in [-0.2, -0.15) is 0 Å².